The number of nitrogens with one attached hydrogen (secondary N) is 1. The number of aromatic nitrogens is 6. The second-order valence-electron chi connectivity index (χ2n) is 7.76. The zero-order valence-corrected chi connectivity index (χ0v) is 19.3. The molecule has 4 heterocycles. The Hall–Kier alpha value is -3.45. The smallest absolute Gasteiger partial charge is 0.229 e. The lowest BCUT2D eigenvalue weighted by Crippen LogP contribution is -2.38. The topological polar surface area (TPSA) is 136 Å². The molecule has 4 aromatic rings. The predicted octanol–water partition coefficient (Wildman–Crippen LogP) is 1.93. The number of thiazole rings is 1. The van der Waals surface area contributed by atoms with Crippen LogP contribution in [-0.4, -0.2) is 63.6 Å². The molecule has 0 saturated carbocycles. The van der Waals surface area contributed by atoms with Crippen LogP contribution < -0.4 is 10.2 Å². The van der Waals surface area contributed by atoms with Crippen LogP contribution in [0.1, 0.15) is 12.8 Å². The number of amides is 1. The molecule has 1 aliphatic rings. The van der Waals surface area contributed by atoms with E-state index in [2.05, 4.69) is 35.5 Å². The van der Waals surface area contributed by atoms with Gasteiger partial charge in [0.25, 0.3) is 0 Å². The van der Waals surface area contributed by atoms with Gasteiger partial charge in [-0.1, -0.05) is 11.3 Å². The maximum Gasteiger partial charge on any atom is 0.229 e. The molecule has 0 radical (unpaired) electrons. The first-order valence-corrected chi connectivity index (χ1v) is 12.9. The van der Waals surface area contributed by atoms with Gasteiger partial charge in [-0.05, 0) is 43.2 Å². The summed E-state index contributed by atoms with van der Waals surface area (Å²) in [6.45, 7) is 1.38. The first kappa shape index (κ1) is 21.4. The average molecular weight is 485 g/mol. The number of carbonyl (C=O) groups excluding carboxylic acids is 1. The first-order valence-electron chi connectivity index (χ1n) is 10.2. The van der Waals surface area contributed by atoms with E-state index in [1.54, 1.807) is 18.5 Å². The summed E-state index contributed by atoms with van der Waals surface area (Å²) < 4.78 is 25.8. The number of anilines is 2. The fourth-order valence-corrected chi connectivity index (χ4v) is 5.33. The van der Waals surface area contributed by atoms with Crippen LogP contribution in [0.2, 0.25) is 0 Å². The molecule has 1 aliphatic heterocycles. The molecule has 0 atom stereocenters. The largest absolute Gasteiger partial charge is 0.355 e. The van der Waals surface area contributed by atoms with Crippen molar-refractivity contribution >= 4 is 48.2 Å². The minimum Gasteiger partial charge on any atom is -0.355 e. The van der Waals surface area contributed by atoms with Crippen molar-refractivity contribution in [2.75, 3.05) is 29.6 Å². The Bertz CT molecular complexity index is 1390. The van der Waals surface area contributed by atoms with Gasteiger partial charge in [-0.3, -0.25) is 4.79 Å². The summed E-state index contributed by atoms with van der Waals surface area (Å²) in [4.78, 5) is 23.4. The minimum atomic E-state index is -3.30. The highest BCUT2D eigenvalue weighted by Gasteiger charge is 2.26. The Morgan fingerprint density at radius 3 is 2.55 bits per heavy atom. The van der Waals surface area contributed by atoms with Gasteiger partial charge in [0.15, 0.2) is 26.6 Å². The second-order valence-corrected chi connectivity index (χ2v) is 10.8. The summed E-state index contributed by atoms with van der Waals surface area (Å²) in [5.41, 5.74) is 0.658. The van der Waals surface area contributed by atoms with Gasteiger partial charge in [0.1, 0.15) is 12.7 Å². The molecule has 0 bridgehead atoms. The lowest BCUT2D eigenvalue weighted by Gasteiger charge is -2.31. The Morgan fingerprint density at radius 1 is 1.12 bits per heavy atom. The highest BCUT2D eigenvalue weighted by Crippen LogP contribution is 2.29. The molecule has 1 saturated heterocycles. The van der Waals surface area contributed by atoms with Crippen LogP contribution in [0.3, 0.4) is 0 Å². The second kappa shape index (κ2) is 8.48. The van der Waals surface area contributed by atoms with Gasteiger partial charge >= 0.3 is 0 Å². The van der Waals surface area contributed by atoms with Crippen molar-refractivity contribution in [3.8, 4) is 5.82 Å². The van der Waals surface area contributed by atoms with Gasteiger partial charge < -0.3 is 10.2 Å². The highest BCUT2D eigenvalue weighted by molar-refractivity contribution is 7.90. The van der Waals surface area contributed by atoms with E-state index in [0.29, 0.717) is 42.4 Å². The molecule has 1 amide bonds. The Labute approximate surface area is 193 Å². The predicted molar refractivity (Wildman–Crippen MR) is 123 cm³/mol. The molecule has 33 heavy (non-hydrogen) atoms. The van der Waals surface area contributed by atoms with Gasteiger partial charge in [0.05, 0.1) is 15.1 Å². The summed E-state index contributed by atoms with van der Waals surface area (Å²) >= 11 is 1.27. The van der Waals surface area contributed by atoms with E-state index in [-0.39, 0.29) is 16.7 Å². The maximum atomic E-state index is 12.8. The third-order valence-corrected chi connectivity index (χ3v) is 7.54. The van der Waals surface area contributed by atoms with Crippen molar-refractivity contribution in [3.05, 3.63) is 43.0 Å². The molecule has 3 aromatic heterocycles. The fraction of sp³-hybridized carbons (Fsp3) is 0.300. The normalized spacial score (nSPS) is 15.1. The number of rotatable bonds is 5. The lowest BCUT2D eigenvalue weighted by atomic mass is 9.96. The number of hydrogen-bond donors (Lipinski definition) is 1. The Kier molecular flexibility index (Phi) is 5.50. The molecule has 1 fully saturated rings. The summed E-state index contributed by atoms with van der Waals surface area (Å²) in [6, 6.07) is 8.49. The van der Waals surface area contributed by atoms with Gasteiger partial charge in [-0.2, -0.15) is 5.10 Å². The van der Waals surface area contributed by atoms with Gasteiger partial charge in [0.2, 0.25) is 5.91 Å². The molecular weight excluding hydrogens is 464 g/mol. The molecule has 0 unspecified atom stereocenters. The zero-order chi connectivity index (χ0) is 23.0. The van der Waals surface area contributed by atoms with Crippen molar-refractivity contribution in [1.82, 2.24) is 29.9 Å². The van der Waals surface area contributed by atoms with Crippen LogP contribution in [0.5, 0.6) is 0 Å². The molecule has 13 heteroatoms. The standard InChI is InChI=1S/C20H20N8O3S2/c1-33(30,31)14-2-3-15-16(10-14)32-20(23-15)24-19(29)13-6-8-27(9-7-13)17-4-5-18(26-25-17)28-12-21-11-22-28/h2-5,10-13H,6-9H2,1H3,(H,23,24,29). The lowest BCUT2D eigenvalue weighted by molar-refractivity contribution is -0.120. The van der Waals surface area contributed by atoms with Crippen LogP contribution in [0.25, 0.3) is 16.0 Å². The monoisotopic (exact) mass is 484 g/mol. The van der Waals surface area contributed by atoms with E-state index in [0.717, 1.165) is 10.5 Å². The van der Waals surface area contributed by atoms with Crippen molar-refractivity contribution in [2.24, 2.45) is 5.92 Å². The number of nitrogens with zero attached hydrogens (tertiary/aromatic N) is 7. The van der Waals surface area contributed by atoms with E-state index in [4.69, 9.17) is 0 Å². The van der Waals surface area contributed by atoms with E-state index < -0.39 is 9.84 Å². The van der Waals surface area contributed by atoms with E-state index >= 15 is 0 Å². The Morgan fingerprint density at radius 2 is 1.88 bits per heavy atom. The fourth-order valence-electron chi connectivity index (χ4n) is 3.70. The molecule has 0 spiro atoms. The first-order chi connectivity index (χ1) is 15.9. The average Bonchev–Trinajstić information content (AvgIpc) is 3.48. The minimum absolute atomic E-state index is 0.0790. The van der Waals surface area contributed by atoms with Gasteiger partial charge in [-0.25, -0.2) is 23.1 Å². The Balaban J connectivity index is 1.20. The molecule has 11 nitrogen and oxygen atoms in total. The van der Waals surface area contributed by atoms with Crippen molar-refractivity contribution in [3.63, 3.8) is 0 Å². The zero-order valence-electron chi connectivity index (χ0n) is 17.6. The number of hydrogen-bond acceptors (Lipinski definition) is 10. The summed E-state index contributed by atoms with van der Waals surface area (Å²) in [5.74, 6) is 1.13. The van der Waals surface area contributed by atoms with Crippen molar-refractivity contribution in [1.29, 1.82) is 0 Å². The van der Waals surface area contributed by atoms with Crippen molar-refractivity contribution < 1.29 is 13.2 Å². The van der Waals surface area contributed by atoms with E-state index in [1.165, 1.54) is 34.7 Å². The maximum absolute atomic E-state index is 12.8. The summed E-state index contributed by atoms with van der Waals surface area (Å²) in [6.07, 6.45) is 5.53. The number of benzene rings is 1. The van der Waals surface area contributed by atoms with Crippen molar-refractivity contribution in [2.45, 2.75) is 17.7 Å². The number of piperidine rings is 1. The molecule has 1 aromatic carbocycles. The van der Waals surface area contributed by atoms with E-state index in [9.17, 15) is 13.2 Å². The number of carbonyl (C=O) groups is 1. The van der Waals surface area contributed by atoms with Crippen LogP contribution in [0.15, 0.2) is 47.9 Å². The van der Waals surface area contributed by atoms with Gasteiger partial charge in [0, 0.05) is 25.3 Å². The van der Waals surface area contributed by atoms with Crippen LogP contribution in [-0.2, 0) is 14.6 Å². The molecule has 1 N–H and O–H groups in total. The highest BCUT2D eigenvalue weighted by atomic mass is 32.2. The quantitative estimate of drug-likeness (QED) is 0.450. The SMILES string of the molecule is CS(=O)(=O)c1ccc2nc(NC(=O)C3CCN(c4ccc(-n5cncn5)nn4)CC3)sc2c1. The molecule has 0 aliphatic carbocycles. The number of fused-ring (bicyclic) bond motifs is 1. The van der Waals surface area contributed by atoms with Gasteiger partial charge in [-0.15, -0.1) is 10.2 Å². The molecule has 5 rings (SSSR count). The number of sulfone groups is 1. The molecular formula is C20H20N8O3S2. The third-order valence-electron chi connectivity index (χ3n) is 5.50. The summed E-state index contributed by atoms with van der Waals surface area (Å²) in [5, 5.41) is 15.9. The van der Waals surface area contributed by atoms with Crippen LogP contribution in [0.4, 0.5) is 10.9 Å². The van der Waals surface area contributed by atoms with Crippen LogP contribution in [0, 0.1) is 5.92 Å². The van der Waals surface area contributed by atoms with Crippen LogP contribution >= 0.6 is 11.3 Å². The summed E-state index contributed by atoms with van der Waals surface area (Å²) in [7, 11) is -3.30. The molecule has 170 valence electrons. The van der Waals surface area contributed by atoms with E-state index in [1.807, 2.05) is 12.1 Å². The third kappa shape index (κ3) is 4.54.